The quantitative estimate of drug-likeness (QED) is 0.0754. The lowest BCUT2D eigenvalue weighted by Gasteiger charge is -2.36. The zero-order valence-corrected chi connectivity index (χ0v) is 27.1. The third-order valence-corrected chi connectivity index (χ3v) is 7.33. The van der Waals surface area contributed by atoms with Crippen molar-refractivity contribution >= 4 is 25.7 Å². The molecular formula is C27H54N3O10P. The molecule has 0 spiro atoms. The summed E-state index contributed by atoms with van der Waals surface area (Å²) in [5.74, 6) is -1.07. The predicted octanol–water partition coefficient (Wildman–Crippen LogP) is 2.83. The average molecular weight is 612 g/mol. The molecule has 4 atom stereocenters. The molecule has 0 heterocycles. The molecule has 0 aliphatic carbocycles. The first-order valence-corrected chi connectivity index (χ1v) is 15.8. The van der Waals surface area contributed by atoms with Crippen LogP contribution in [0.3, 0.4) is 0 Å². The minimum absolute atomic E-state index is 0.0189. The number of phosphoric ester groups is 1. The maximum absolute atomic E-state index is 12.3. The molecule has 0 rings (SSSR count). The molecule has 0 saturated carbocycles. The Kier molecular flexibility index (Phi) is 18.8. The number of carbonyl (C=O) groups is 3. The largest absolute Gasteiger partial charge is 0.472 e. The average Bonchev–Trinajstić information content (AvgIpc) is 2.85. The van der Waals surface area contributed by atoms with Crippen molar-refractivity contribution in [1.29, 1.82) is 0 Å². The first-order chi connectivity index (χ1) is 18.9. The molecule has 0 saturated heterocycles. The third-order valence-electron chi connectivity index (χ3n) is 6.35. The number of phosphoric acid groups is 1. The first kappa shape index (κ1) is 39.4. The highest BCUT2D eigenvalue weighted by atomic mass is 31.2. The Morgan fingerprint density at radius 3 is 2.27 bits per heavy atom. The van der Waals surface area contributed by atoms with Crippen molar-refractivity contribution < 1.29 is 47.1 Å². The zero-order valence-electron chi connectivity index (χ0n) is 26.2. The topological polar surface area (TPSA) is 185 Å². The number of esters is 2. The lowest BCUT2D eigenvalue weighted by molar-refractivity contribution is -0.159. The molecule has 13 nitrogen and oxygen atoms in total. The Labute approximate surface area is 245 Å². The maximum Gasteiger partial charge on any atom is 0.472 e. The number of amides is 1. The van der Waals surface area contributed by atoms with Crippen LogP contribution in [0.5, 0.6) is 0 Å². The minimum atomic E-state index is -4.45. The van der Waals surface area contributed by atoms with Crippen molar-refractivity contribution in [3.05, 3.63) is 0 Å². The summed E-state index contributed by atoms with van der Waals surface area (Å²) < 4.78 is 38.5. The van der Waals surface area contributed by atoms with Crippen molar-refractivity contribution in [3.8, 4) is 0 Å². The van der Waals surface area contributed by atoms with Crippen LogP contribution in [0.15, 0.2) is 0 Å². The summed E-state index contributed by atoms with van der Waals surface area (Å²) in [5.41, 5.74) is 4.60. The smallest absolute Gasteiger partial charge is 0.462 e. The molecule has 14 heteroatoms. The van der Waals surface area contributed by atoms with Gasteiger partial charge in [-0.15, -0.1) is 0 Å². The van der Waals surface area contributed by atoms with Gasteiger partial charge >= 0.3 is 19.8 Å². The zero-order chi connectivity index (χ0) is 31.7. The Morgan fingerprint density at radius 2 is 1.68 bits per heavy atom. The van der Waals surface area contributed by atoms with Crippen molar-refractivity contribution in [2.24, 2.45) is 11.7 Å². The molecule has 0 aliphatic heterocycles. The van der Waals surface area contributed by atoms with Crippen molar-refractivity contribution in [3.63, 3.8) is 0 Å². The summed E-state index contributed by atoms with van der Waals surface area (Å²) in [5, 5.41) is 6.28. The van der Waals surface area contributed by atoms with Crippen LogP contribution in [-0.4, -0.2) is 85.5 Å². The summed E-state index contributed by atoms with van der Waals surface area (Å²) in [6.45, 7) is 15.2. The van der Waals surface area contributed by atoms with Crippen molar-refractivity contribution in [2.45, 2.75) is 111 Å². The van der Waals surface area contributed by atoms with Crippen molar-refractivity contribution in [1.82, 2.24) is 10.6 Å². The Bertz CT molecular complexity index is 840. The number of nitrogens with one attached hydrogen (secondary N) is 2. The molecule has 0 radical (unpaired) electrons. The summed E-state index contributed by atoms with van der Waals surface area (Å²) in [4.78, 5) is 44.9. The second-order valence-corrected chi connectivity index (χ2v) is 12.9. The van der Waals surface area contributed by atoms with Gasteiger partial charge in [0, 0.05) is 37.9 Å². The molecule has 41 heavy (non-hydrogen) atoms. The van der Waals surface area contributed by atoms with E-state index >= 15 is 0 Å². The van der Waals surface area contributed by atoms with Crippen LogP contribution >= 0.6 is 7.82 Å². The number of ether oxygens (including phenoxy) is 3. The lowest BCUT2D eigenvalue weighted by atomic mass is 9.89. The molecule has 1 amide bonds. The van der Waals surface area contributed by atoms with Gasteiger partial charge in [0.15, 0.2) is 6.10 Å². The molecule has 0 aromatic carbocycles. The first-order valence-electron chi connectivity index (χ1n) is 14.3. The van der Waals surface area contributed by atoms with Gasteiger partial charge in [-0.2, -0.15) is 0 Å². The molecule has 0 aliphatic rings. The molecule has 0 fully saturated rings. The van der Waals surface area contributed by atoms with E-state index in [0.29, 0.717) is 38.8 Å². The van der Waals surface area contributed by atoms with E-state index in [2.05, 4.69) is 10.6 Å². The fourth-order valence-corrected chi connectivity index (χ4v) is 4.50. The van der Waals surface area contributed by atoms with Crippen LogP contribution in [0, 0.1) is 5.92 Å². The molecule has 242 valence electrons. The van der Waals surface area contributed by atoms with Gasteiger partial charge in [0.25, 0.3) is 0 Å². The number of hydrogen-bond donors (Lipinski definition) is 4. The molecule has 0 aromatic heterocycles. The van der Waals surface area contributed by atoms with E-state index in [4.69, 9.17) is 29.0 Å². The second-order valence-electron chi connectivity index (χ2n) is 11.4. The van der Waals surface area contributed by atoms with Crippen LogP contribution in [-0.2, 0) is 42.2 Å². The monoisotopic (exact) mass is 611 g/mol. The summed E-state index contributed by atoms with van der Waals surface area (Å²) >= 11 is 0. The second kappa shape index (κ2) is 19.6. The van der Waals surface area contributed by atoms with E-state index in [-0.39, 0.29) is 44.0 Å². The number of rotatable bonds is 23. The predicted molar refractivity (Wildman–Crippen MR) is 155 cm³/mol. The fraction of sp³-hybridized carbons (Fsp3) is 0.889. The molecular weight excluding hydrogens is 557 g/mol. The standard InChI is InChI=1S/C27H54N3O10P/c1-9-11-25(33)36-18-23(40-22(4)31)19-39-41(34,35)38-15-14-29-27(7,8)20(2)17-37-26(5,6)16-21(3)30-24(32)12-10-13-28/h20-21,23,29H,9-19,28H2,1-8H3,(H,30,32)(H,34,35). The van der Waals surface area contributed by atoms with Gasteiger partial charge in [-0.25, -0.2) is 4.57 Å². The highest BCUT2D eigenvalue weighted by Crippen LogP contribution is 2.43. The van der Waals surface area contributed by atoms with E-state index in [1.165, 1.54) is 6.92 Å². The molecule has 0 bridgehead atoms. The highest BCUT2D eigenvalue weighted by molar-refractivity contribution is 7.47. The van der Waals surface area contributed by atoms with Crippen LogP contribution < -0.4 is 16.4 Å². The van der Waals surface area contributed by atoms with Gasteiger partial charge in [0.1, 0.15) is 6.61 Å². The minimum Gasteiger partial charge on any atom is -0.462 e. The highest BCUT2D eigenvalue weighted by Gasteiger charge is 2.30. The van der Waals surface area contributed by atoms with E-state index in [0.717, 1.165) is 0 Å². The maximum atomic E-state index is 12.3. The molecule has 5 N–H and O–H groups in total. The van der Waals surface area contributed by atoms with E-state index < -0.39 is 43.6 Å². The van der Waals surface area contributed by atoms with Gasteiger partial charge < -0.3 is 35.5 Å². The Balaban J connectivity index is 4.58. The summed E-state index contributed by atoms with van der Waals surface area (Å²) in [7, 11) is -4.45. The van der Waals surface area contributed by atoms with Gasteiger partial charge in [-0.1, -0.05) is 13.8 Å². The SMILES string of the molecule is CCCC(=O)OCC(COP(=O)(O)OCCNC(C)(C)C(C)COC(C)(C)CC(C)NC(=O)CCCN)OC(C)=O. The van der Waals surface area contributed by atoms with Crippen LogP contribution in [0.1, 0.15) is 87.5 Å². The van der Waals surface area contributed by atoms with Crippen LogP contribution in [0.4, 0.5) is 0 Å². The number of carbonyl (C=O) groups excluding carboxylic acids is 3. The Hall–Kier alpha value is -1.60. The summed E-state index contributed by atoms with van der Waals surface area (Å²) in [6, 6.07) is -0.0503. The van der Waals surface area contributed by atoms with Gasteiger partial charge in [0.05, 0.1) is 25.4 Å². The number of hydrogen-bond acceptors (Lipinski definition) is 11. The number of nitrogens with two attached hydrogens (primary N) is 1. The van der Waals surface area contributed by atoms with Gasteiger partial charge in [0.2, 0.25) is 5.91 Å². The fourth-order valence-electron chi connectivity index (χ4n) is 3.75. The van der Waals surface area contributed by atoms with E-state index in [9.17, 15) is 23.8 Å². The lowest BCUT2D eigenvalue weighted by Crippen LogP contribution is -2.49. The van der Waals surface area contributed by atoms with Crippen molar-refractivity contribution in [2.75, 3.05) is 39.5 Å². The summed E-state index contributed by atoms with van der Waals surface area (Å²) in [6.07, 6.45) is 1.45. The Morgan fingerprint density at radius 1 is 1.02 bits per heavy atom. The normalized spacial score (nSPS) is 15.9. The molecule has 4 unspecified atom stereocenters. The van der Waals surface area contributed by atoms with E-state index in [1.54, 1.807) is 0 Å². The molecule has 0 aromatic rings. The van der Waals surface area contributed by atoms with Crippen LogP contribution in [0.25, 0.3) is 0 Å². The van der Waals surface area contributed by atoms with Crippen LogP contribution in [0.2, 0.25) is 0 Å². The van der Waals surface area contributed by atoms with Gasteiger partial charge in [-0.3, -0.25) is 23.4 Å². The van der Waals surface area contributed by atoms with E-state index in [1.807, 2.05) is 48.5 Å². The van der Waals surface area contributed by atoms with Gasteiger partial charge in [-0.05, 0) is 66.3 Å². The third kappa shape index (κ3) is 20.0.